The van der Waals surface area contributed by atoms with Gasteiger partial charge in [-0.1, -0.05) is 18.2 Å². The summed E-state index contributed by atoms with van der Waals surface area (Å²) in [4.78, 5) is 16.0. The van der Waals surface area contributed by atoms with Crippen molar-refractivity contribution in [1.82, 2.24) is 4.90 Å². The molecule has 1 N–H and O–H groups in total. The number of piperazine rings is 1. The summed E-state index contributed by atoms with van der Waals surface area (Å²) in [6.45, 7) is 2.41. The number of carbonyl (C=O) groups is 1. The molecule has 1 heterocycles. The number of carbonyl (C=O) groups excluding carboxylic acids is 1. The van der Waals surface area contributed by atoms with E-state index in [1.165, 1.54) is 12.1 Å². The highest BCUT2D eigenvalue weighted by Crippen LogP contribution is 2.19. The Balaban J connectivity index is 1.59. The molecular formula is C18H17FN4O. The van der Waals surface area contributed by atoms with Gasteiger partial charge in [-0.3, -0.25) is 0 Å². The summed E-state index contributed by atoms with van der Waals surface area (Å²) in [6.07, 6.45) is 0. The number of para-hydroxylation sites is 1. The van der Waals surface area contributed by atoms with E-state index in [9.17, 15) is 9.18 Å². The fraction of sp³-hybridized carbons (Fsp3) is 0.222. The molecule has 1 saturated heterocycles. The van der Waals surface area contributed by atoms with E-state index in [0.717, 1.165) is 5.69 Å². The highest BCUT2D eigenvalue weighted by atomic mass is 19.1. The van der Waals surface area contributed by atoms with Crippen LogP contribution in [0.15, 0.2) is 48.5 Å². The minimum Gasteiger partial charge on any atom is -0.368 e. The Morgan fingerprint density at radius 3 is 2.54 bits per heavy atom. The largest absolute Gasteiger partial charge is 0.368 e. The molecule has 2 aromatic carbocycles. The molecule has 1 aliphatic heterocycles. The van der Waals surface area contributed by atoms with Gasteiger partial charge in [0.05, 0.1) is 17.3 Å². The number of rotatable bonds is 2. The van der Waals surface area contributed by atoms with Gasteiger partial charge in [-0.25, -0.2) is 9.18 Å². The minimum atomic E-state index is -0.446. The Morgan fingerprint density at radius 1 is 1.08 bits per heavy atom. The van der Waals surface area contributed by atoms with Gasteiger partial charge in [0.1, 0.15) is 5.82 Å². The first-order chi connectivity index (χ1) is 11.7. The average molecular weight is 324 g/mol. The molecule has 2 aromatic rings. The fourth-order valence-corrected chi connectivity index (χ4v) is 2.70. The van der Waals surface area contributed by atoms with Gasteiger partial charge < -0.3 is 15.1 Å². The molecular weight excluding hydrogens is 307 g/mol. The van der Waals surface area contributed by atoms with Gasteiger partial charge in [0, 0.05) is 31.9 Å². The van der Waals surface area contributed by atoms with Gasteiger partial charge in [0.15, 0.2) is 0 Å². The summed E-state index contributed by atoms with van der Waals surface area (Å²) < 4.78 is 13.6. The number of halogens is 1. The van der Waals surface area contributed by atoms with Crippen molar-refractivity contribution in [3.63, 3.8) is 0 Å². The first-order valence-corrected chi connectivity index (χ1v) is 7.73. The molecule has 122 valence electrons. The molecule has 0 saturated carbocycles. The van der Waals surface area contributed by atoms with Gasteiger partial charge in [-0.05, 0) is 30.3 Å². The summed E-state index contributed by atoms with van der Waals surface area (Å²) in [5.41, 5.74) is 1.78. The molecule has 0 aliphatic carbocycles. The fourth-order valence-electron chi connectivity index (χ4n) is 2.70. The Hall–Kier alpha value is -3.07. The molecule has 3 rings (SSSR count). The van der Waals surface area contributed by atoms with Crippen molar-refractivity contribution in [2.45, 2.75) is 0 Å². The molecule has 0 bridgehead atoms. The molecule has 0 spiro atoms. The number of nitrogens with zero attached hydrogens (tertiary/aromatic N) is 3. The number of anilines is 2. The Kier molecular flexibility index (Phi) is 4.62. The Bertz CT molecular complexity index is 779. The monoisotopic (exact) mass is 324 g/mol. The van der Waals surface area contributed by atoms with Crippen LogP contribution in [0.25, 0.3) is 0 Å². The number of urea groups is 1. The smallest absolute Gasteiger partial charge is 0.322 e. The maximum atomic E-state index is 13.6. The molecule has 24 heavy (non-hydrogen) atoms. The predicted octanol–water partition coefficient (Wildman–Crippen LogP) is 3.05. The number of nitrogens with one attached hydrogen (secondary N) is 1. The van der Waals surface area contributed by atoms with Crippen molar-refractivity contribution in [1.29, 1.82) is 5.26 Å². The Morgan fingerprint density at radius 2 is 1.83 bits per heavy atom. The van der Waals surface area contributed by atoms with Crippen LogP contribution in [0.2, 0.25) is 0 Å². The van der Waals surface area contributed by atoms with Crippen molar-refractivity contribution in [3.8, 4) is 6.07 Å². The van der Waals surface area contributed by atoms with E-state index in [0.29, 0.717) is 31.7 Å². The summed E-state index contributed by atoms with van der Waals surface area (Å²) in [5, 5.41) is 11.6. The van der Waals surface area contributed by atoms with Gasteiger partial charge in [0.25, 0.3) is 0 Å². The lowest BCUT2D eigenvalue weighted by Crippen LogP contribution is -2.50. The molecule has 0 radical (unpaired) electrons. The number of nitriles is 1. The molecule has 2 amide bonds. The van der Waals surface area contributed by atoms with E-state index in [1.807, 2.05) is 18.2 Å². The maximum Gasteiger partial charge on any atom is 0.322 e. The molecule has 0 aromatic heterocycles. The zero-order chi connectivity index (χ0) is 16.9. The van der Waals surface area contributed by atoms with Crippen LogP contribution in [0.5, 0.6) is 0 Å². The molecule has 1 fully saturated rings. The van der Waals surface area contributed by atoms with E-state index in [1.54, 1.807) is 23.1 Å². The third-order valence-electron chi connectivity index (χ3n) is 4.02. The topological polar surface area (TPSA) is 59.4 Å². The van der Waals surface area contributed by atoms with Crippen molar-refractivity contribution >= 4 is 17.4 Å². The van der Waals surface area contributed by atoms with Crippen LogP contribution < -0.4 is 10.2 Å². The van der Waals surface area contributed by atoms with Crippen LogP contribution >= 0.6 is 0 Å². The number of hydrogen-bond donors (Lipinski definition) is 1. The van der Waals surface area contributed by atoms with Crippen LogP contribution in [0.4, 0.5) is 20.6 Å². The third kappa shape index (κ3) is 3.46. The van der Waals surface area contributed by atoms with Crippen LogP contribution in [-0.2, 0) is 0 Å². The molecule has 0 unspecified atom stereocenters. The second-order valence-electron chi connectivity index (χ2n) is 5.55. The molecule has 6 heteroatoms. The first-order valence-electron chi connectivity index (χ1n) is 7.73. The van der Waals surface area contributed by atoms with E-state index >= 15 is 0 Å². The van der Waals surface area contributed by atoms with Crippen LogP contribution in [0.3, 0.4) is 0 Å². The lowest BCUT2D eigenvalue weighted by Gasteiger charge is -2.36. The molecule has 0 atom stereocenters. The van der Waals surface area contributed by atoms with E-state index in [2.05, 4.69) is 16.3 Å². The highest BCUT2D eigenvalue weighted by Gasteiger charge is 2.22. The zero-order valence-electron chi connectivity index (χ0n) is 13.1. The van der Waals surface area contributed by atoms with Gasteiger partial charge in [-0.15, -0.1) is 0 Å². The van der Waals surface area contributed by atoms with Gasteiger partial charge in [0.2, 0.25) is 0 Å². The SMILES string of the molecule is N#Cc1cccc(N2CCN(C(=O)Nc3ccccc3F)CC2)c1. The van der Waals surface area contributed by atoms with Gasteiger partial charge in [-0.2, -0.15) is 5.26 Å². The number of amides is 2. The van der Waals surface area contributed by atoms with E-state index in [4.69, 9.17) is 5.26 Å². The summed E-state index contributed by atoms with van der Waals surface area (Å²) in [7, 11) is 0. The average Bonchev–Trinajstić information content (AvgIpc) is 2.64. The van der Waals surface area contributed by atoms with Crippen molar-refractivity contribution in [2.24, 2.45) is 0 Å². The van der Waals surface area contributed by atoms with Crippen LogP contribution in [-0.4, -0.2) is 37.1 Å². The van der Waals surface area contributed by atoms with Gasteiger partial charge >= 0.3 is 6.03 Å². The number of benzene rings is 2. The maximum absolute atomic E-state index is 13.6. The van der Waals surface area contributed by atoms with Crippen molar-refractivity contribution < 1.29 is 9.18 Å². The highest BCUT2D eigenvalue weighted by molar-refractivity contribution is 5.89. The predicted molar refractivity (Wildman–Crippen MR) is 90.4 cm³/mol. The first kappa shape index (κ1) is 15.8. The number of hydrogen-bond acceptors (Lipinski definition) is 3. The summed E-state index contributed by atoms with van der Waals surface area (Å²) in [5.74, 6) is -0.446. The zero-order valence-corrected chi connectivity index (χ0v) is 13.1. The Labute approximate surface area is 139 Å². The van der Waals surface area contributed by atoms with Crippen LogP contribution in [0.1, 0.15) is 5.56 Å². The quantitative estimate of drug-likeness (QED) is 0.923. The third-order valence-corrected chi connectivity index (χ3v) is 4.02. The van der Waals surface area contributed by atoms with Crippen molar-refractivity contribution in [2.75, 3.05) is 36.4 Å². The van der Waals surface area contributed by atoms with E-state index in [-0.39, 0.29) is 11.7 Å². The van der Waals surface area contributed by atoms with Crippen molar-refractivity contribution in [3.05, 3.63) is 59.9 Å². The standard InChI is InChI=1S/C18H17FN4O/c19-16-6-1-2-7-17(16)21-18(24)23-10-8-22(9-11-23)15-5-3-4-14(12-15)13-20/h1-7,12H,8-11H2,(H,21,24). The van der Waals surface area contributed by atoms with Crippen LogP contribution in [0, 0.1) is 17.1 Å². The van der Waals surface area contributed by atoms with E-state index < -0.39 is 5.82 Å². The minimum absolute atomic E-state index is 0.187. The normalized spacial score (nSPS) is 14.2. The lowest BCUT2D eigenvalue weighted by molar-refractivity contribution is 0.208. The lowest BCUT2D eigenvalue weighted by atomic mass is 10.2. The summed E-state index contributed by atoms with van der Waals surface area (Å²) >= 11 is 0. The second kappa shape index (κ2) is 7.01. The molecule has 5 nitrogen and oxygen atoms in total. The summed E-state index contributed by atoms with van der Waals surface area (Å²) in [6, 6.07) is 15.4. The second-order valence-corrected chi connectivity index (χ2v) is 5.55. The molecule has 1 aliphatic rings.